The molecule has 0 saturated heterocycles. The third-order valence-electron chi connectivity index (χ3n) is 0.652. The predicted molar refractivity (Wildman–Crippen MR) is 25.6 cm³/mol. The van der Waals surface area contributed by atoms with Crippen molar-refractivity contribution in [1.82, 2.24) is 9.97 Å². The van der Waals surface area contributed by atoms with Crippen molar-refractivity contribution < 1.29 is 20.4 Å². The molecule has 1 aromatic rings. The van der Waals surface area contributed by atoms with E-state index in [0.29, 0.717) is 0 Å². The van der Waals surface area contributed by atoms with Gasteiger partial charge >= 0.3 is 0 Å². The molecule has 0 aromatic carbocycles. The van der Waals surface area contributed by atoms with Crippen molar-refractivity contribution in [2.75, 3.05) is 0 Å². The molecule has 0 spiro atoms. The summed E-state index contributed by atoms with van der Waals surface area (Å²) in [4.78, 5) is 7.62. The first-order chi connectivity index (χ1) is 3.39. The van der Waals surface area contributed by atoms with E-state index in [0.717, 1.165) is 5.82 Å². The fraction of sp³-hybridized carbons (Fsp3) is 0.200. The number of hydrogen-bond acceptors (Lipinski definition) is 2. The van der Waals surface area contributed by atoms with Crippen LogP contribution in [0.2, 0.25) is 0 Å². The molecule has 0 N–H and O–H groups in total. The van der Waals surface area contributed by atoms with Crippen LogP contribution in [0, 0.1) is 13.0 Å². The summed E-state index contributed by atoms with van der Waals surface area (Å²) in [6.45, 7) is 1.84. The van der Waals surface area contributed by atoms with Crippen LogP contribution in [0.15, 0.2) is 12.4 Å². The van der Waals surface area contributed by atoms with Crippen molar-refractivity contribution in [3.05, 3.63) is 24.3 Å². The van der Waals surface area contributed by atoms with Gasteiger partial charge in [-0.3, -0.25) is 9.97 Å². The van der Waals surface area contributed by atoms with E-state index in [-0.39, 0.29) is 20.4 Å². The fourth-order valence-electron chi connectivity index (χ4n) is 0.328. The zero-order valence-electron chi connectivity index (χ0n) is 4.43. The summed E-state index contributed by atoms with van der Waals surface area (Å²) < 4.78 is 0. The van der Waals surface area contributed by atoms with Gasteiger partial charge in [0.25, 0.3) is 0 Å². The van der Waals surface area contributed by atoms with Crippen LogP contribution in [0.3, 0.4) is 0 Å². The molecule has 0 aliphatic carbocycles. The second-order valence-corrected chi connectivity index (χ2v) is 1.23. The summed E-state index contributed by atoms with van der Waals surface area (Å²) in [5.41, 5.74) is 0. The Labute approximate surface area is 62.0 Å². The average Bonchev–Trinajstić information content (AvgIpc) is 1.69. The predicted octanol–water partition coefficient (Wildman–Crippen LogP) is 0.583. The third-order valence-corrected chi connectivity index (χ3v) is 0.652. The van der Waals surface area contributed by atoms with Crippen LogP contribution in [0.25, 0.3) is 0 Å². The standard InChI is InChI=1S/C5H5N2.Re/c1-5-6-3-2-4-7-5;/h3-4H,1H3;/q-1;. The van der Waals surface area contributed by atoms with Crippen LogP contribution in [-0.2, 0) is 20.4 Å². The van der Waals surface area contributed by atoms with Crippen LogP contribution in [0.4, 0.5) is 0 Å². The largest absolute Gasteiger partial charge is 0.434 e. The topological polar surface area (TPSA) is 25.8 Å². The molecule has 0 amide bonds. The minimum atomic E-state index is 0. The van der Waals surface area contributed by atoms with E-state index in [1.54, 1.807) is 12.4 Å². The number of aromatic nitrogens is 2. The first kappa shape index (κ1) is 7.74. The summed E-state index contributed by atoms with van der Waals surface area (Å²) in [5.74, 6) is 0.791. The molecule has 0 saturated carbocycles. The van der Waals surface area contributed by atoms with E-state index in [1.807, 2.05) is 6.92 Å². The second kappa shape index (κ2) is 3.71. The first-order valence-corrected chi connectivity index (χ1v) is 2.04. The van der Waals surface area contributed by atoms with E-state index < -0.39 is 0 Å². The van der Waals surface area contributed by atoms with E-state index in [1.165, 1.54) is 0 Å². The van der Waals surface area contributed by atoms with Crippen LogP contribution >= 0.6 is 0 Å². The van der Waals surface area contributed by atoms with Gasteiger partial charge in [0.15, 0.2) is 0 Å². The van der Waals surface area contributed by atoms with Gasteiger partial charge < -0.3 is 6.07 Å². The minimum absolute atomic E-state index is 0. The molecular weight excluding hydrogens is 274 g/mol. The maximum absolute atomic E-state index is 3.81. The number of hydrogen-bond donors (Lipinski definition) is 0. The van der Waals surface area contributed by atoms with Gasteiger partial charge in [-0.15, -0.1) is 12.4 Å². The SMILES string of the molecule is Cc1nc[c-]cn1.[Re]. The molecule has 0 bridgehead atoms. The van der Waals surface area contributed by atoms with Crippen molar-refractivity contribution in [3.8, 4) is 0 Å². The second-order valence-electron chi connectivity index (χ2n) is 1.23. The maximum atomic E-state index is 3.81. The number of rotatable bonds is 0. The molecule has 0 atom stereocenters. The number of nitrogens with zero attached hydrogens (tertiary/aromatic N) is 2. The molecule has 8 heavy (non-hydrogen) atoms. The average molecular weight is 279 g/mol. The van der Waals surface area contributed by atoms with E-state index in [9.17, 15) is 0 Å². The van der Waals surface area contributed by atoms with Gasteiger partial charge in [-0.05, 0) is 6.92 Å². The van der Waals surface area contributed by atoms with E-state index in [4.69, 9.17) is 0 Å². The Morgan fingerprint density at radius 1 is 1.38 bits per heavy atom. The van der Waals surface area contributed by atoms with Crippen molar-refractivity contribution in [3.63, 3.8) is 0 Å². The summed E-state index contributed by atoms with van der Waals surface area (Å²) in [7, 11) is 0. The Morgan fingerprint density at radius 2 is 1.88 bits per heavy atom. The summed E-state index contributed by atoms with van der Waals surface area (Å²) >= 11 is 0. The third kappa shape index (κ3) is 2.15. The van der Waals surface area contributed by atoms with E-state index in [2.05, 4.69) is 16.0 Å². The first-order valence-electron chi connectivity index (χ1n) is 2.04. The Balaban J connectivity index is 0.000000490. The van der Waals surface area contributed by atoms with Gasteiger partial charge in [0.1, 0.15) is 5.82 Å². The molecule has 43 valence electrons. The summed E-state index contributed by atoms with van der Waals surface area (Å²) in [6, 6.07) is 2.71. The number of aryl methyl sites for hydroxylation is 1. The fourth-order valence-corrected chi connectivity index (χ4v) is 0.328. The van der Waals surface area contributed by atoms with Gasteiger partial charge in [-0.25, -0.2) is 0 Å². The van der Waals surface area contributed by atoms with Crippen molar-refractivity contribution in [2.24, 2.45) is 0 Å². The molecule has 1 heterocycles. The van der Waals surface area contributed by atoms with Crippen molar-refractivity contribution in [1.29, 1.82) is 0 Å². The van der Waals surface area contributed by atoms with Gasteiger partial charge in [0, 0.05) is 20.4 Å². The molecule has 0 aliphatic rings. The van der Waals surface area contributed by atoms with Gasteiger partial charge in [0.05, 0.1) is 0 Å². The molecule has 0 unspecified atom stereocenters. The molecule has 0 fully saturated rings. The Bertz CT molecular complexity index is 140. The molecule has 1 rings (SSSR count). The van der Waals surface area contributed by atoms with Crippen LogP contribution in [0.1, 0.15) is 5.82 Å². The smallest absolute Gasteiger partial charge is 0.118 e. The van der Waals surface area contributed by atoms with Gasteiger partial charge in [0.2, 0.25) is 0 Å². The van der Waals surface area contributed by atoms with Crippen molar-refractivity contribution in [2.45, 2.75) is 6.92 Å². The van der Waals surface area contributed by atoms with Crippen LogP contribution < -0.4 is 0 Å². The maximum Gasteiger partial charge on any atom is 0.118 e. The van der Waals surface area contributed by atoms with Gasteiger partial charge in [-0.2, -0.15) is 0 Å². The molecule has 1 radical (unpaired) electrons. The van der Waals surface area contributed by atoms with Crippen molar-refractivity contribution >= 4 is 0 Å². The van der Waals surface area contributed by atoms with Gasteiger partial charge in [-0.1, -0.05) is 0 Å². The van der Waals surface area contributed by atoms with Crippen LogP contribution in [-0.4, -0.2) is 9.97 Å². The Kier molecular flexibility index (Phi) is 3.59. The summed E-state index contributed by atoms with van der Waals surface area (Å²) in [6.07, 6.45) is 3.20. The zero-order valence-corrected chi connectivity index (χ0v) is 7.14. The molecular formula is C5H5N2Re-. The Morgan fingerprint density at radius 3 is 2.12 bits per heavy atom. The summed E-state index contributed by atoms with van der Waals surface area (Å²) in [5, 5.41) is 0. The van der Waals surface area contributed by atoms with Crippen LogP contribution in [0.5, 0.6) is 0 Å². The zero-order chi connectivity index (χ0) is 5.11. The molecule has 3 heteroatoms. The molecule has 2 nitrogen and oxygen atoms in total. The monoisotopic (exact) mass is 280 g/mol. The minimum Gasteiger partial charge on any atom is -0.434 e. The molecule has 1 aromatic heterocycles. The van der Waals surface area contributed by atoms with E-state index >= 15 is 0 Å². The normalized spacial score (nSPS) is 7.62. The molecule has 0 aliphatic heterocycles. The Hall–Kier alpha value is -0.258. The quantitative estimate of drug-likeness (QED) is 0.649.